The van der Waals surface area contributed by atoms with Gasteiger partial charge in [0.25, 0.3) is 0 Å². The number of aliphatic carboxylic acids is 1. The summed E-state index contributed by atoms with van der Waals surface area (Å²) in [6.07, 6.45) is 0.726. The van der Waals surface area contributed by atoms with Crippen LogP contribution in [-0.4, -0.2) is 34.4 Å². The number of carbonyl (C=O) groups is 1. The van der Waals surface area contributed by atoms with Crippen LogP contribution in [0.1, 0.15) is 12.0 Å². The minimum atomic E-state index is -4.41. The van der Waals surface area contributed by atoms with Crippen molar-refractivity contribution in [2.24, 2.45) is 0 Å². The summed E-state index contributed by atoms with van der Waals surface area (Å²) in [5.74, 6) is -2.01. The molecular weight excluding hydrogens is 387 g/mol. The SMILES string of the molecule is C=C(OC)C(F)(F)F.Cc1cnc(-c2cc[n+](CCC(=O)O)nc2)c(Cl)c1. The molecular formula is C17H18ClF3N3O3+. The highest BCUT2D eigenvalue weighted by atomic mass is 35.5. The number of carboxylic acid groups (broad SMARTS) is 1. The first-order chi connectivity index (χ1) is 12.5. The molecule has 0 aliphatic carbocycles. The van der Waals surface area contributed by atoms with E-state index in [4.69, 9.17) is 16.7 Å². The van der Waals surface area contributed by atoms with E-state index < -0.39 is 17.9 Å². The summed E-state index contributed by atoms with van der Waals surface area (Å²) >= 11 is 6.13. The smallest absolute Gasteiger partial charge is 0.448 e. The number of hydrogen-bond donors (Lipinski definition) is 1. The van der Waals surface area contributed by atoms with Gasteiger partial charge >= 0.3 is 12.1 Å². The fourth-order valence-corrected chi connectivity index (χ4v) is 2.06. The number of allylic oxidation sites excluding steroid dienone is 1. The summed E-state index contributed by atoms with van der Waals surface area (Å²) in [6.45, 7) is 4.86. The van der Waals surface area contributed by atoms with E-state index in [1.165, 1.54) is 0 Å². The maximum absolute atomic E-state index is 11.2. The van der Waals surface area contributed by atoms with Crippen LogP contribution in [0.3, 0.4) is 0 Å². The minimum absolute atomic E-state index is 0.0422. The number of halogens is 4. The van der Waals surface area contributed by atoms with Crippen molar-refractivity contribution in [3.8, 4) is 11.3 Å². The highest BCUT2D eigenvalue weighted by molar-refractivity contribution is 6.33. The lowest BCUT2D eigenvalue weighted by molar-refractivity contribution is -0.752. The molecule has 2 rings (SSSR count). The van der Waals surface area contributed by atoms with Crippen LogP contribution in [0.5, 0.6) is 0 Å². The first kappa shape index (κ1) is 22.4. The van der Waals surface area contributed by atoms with E-state index in [-0.39, 0.29) is 6.42 Å². The fourth-order valence-electron chi connectivity index (χ4n) is 1.73. The number of ether oxygens (including phenoxy) is 1. The molecule has 2 heterocycles. The van der Waals surface area contributed by atoms with Crippen molar-refractivity contribution in [1.82, 2.24) is 10.1 Å². The van der Waals surface area contributed by atoms with Crippen molar-refractivity contribution in [2.45, 2.75) is 26.1 Å². The van der Waals surface area contributed by atoms with Crippen LogP contribution < -0.4 is 4.68 Å². The summed E-state index contributed by atoms with van der Waals surface area (Å²) in [7, 11) is 0.926. The number of carboxylic acids is 1. The average molecular weight is 405 g/mol. The second kappa shape index (κ2) is 9.86. The third kappa shape index (κ3) is 7.61. The molecule has 0 radical (unpaired) electrons. The molecule has 146 valence electrons. The van der Waals surface area contributed by atoms with Gasteiger partial charge in [0.15, 0.2) is 18.5 Å². The highest BCUT2D eigenvalue weighted by Gasteiger charge is 2.33. The summed E-state index contributed by atoms with van der Waals surface area (Å²) in [5.41, 5.74) is 2.47. The highest BCUT2D eigenvalue weighted by Crippen LogP contribution is 2.25. The Balaban J connectivity index is 0.000000387. The molecule has 0 bridgehead atoms. The summed E-state index contributed by atoms with van der Waals surface area (Å²) in [4.78, 5) is 14.7. The standard InChI is InChI=1S/C13H12ClN3O2.C4H5F3O/c1-9-6-11(14)13(15-7-9)10-2-4-17(16-8-10)5-3-12(18)19;1-3(8-2)4(5,6)7/h2,4,6-8H,3,5H2,1H3;1H2,2H3/p+1. The number of pyridine rings is 1. The number of rotatable bonds is 5. The quantitative estimate of drug-likeness (QED) is 0.609. The zero-order valence-electron chi connectivity index (χ0n) is 14.6. The largest absolute Gasteiger partial charge is 0.493 e. The average Bonchev–Trinajstić information content (AvgIpc) is 2.59. The zero-order chi connectivity index (χ0) is 20.6. The third-order valence-electron chi connectivity index (χ3n) is 3.14. The van der Waals surface area contributed by atoms with E-state index in [1.54, 1.807) is 23.3 Å². The summed E-state index contributed by atoms with van der Waals surface area (Å²) < 4.78 is 39.0. The molecule has 0 fully saturated rings. The Morgan fingerprint density at radius 2 is 2.07 bits per heavy atom. The minimum Gasteiger partial charge on any atom is -0.493 e. The lowest BCUT2D eigenvalue weighted by Gasteiger charge is -2.06. The van der Waals surface area contributed by atoms with Crippen molar-refractivity contribution in [2.75, 3.05) is 7.11 Å². The Labute approximate surface area is 158 Å². The molecule has 0 aliphatic heterocycles. The third-order valence-corrected chi connectivity index (χ3v) is 3.43. The Kier molecular flexibility index (Phi) is 8.17. The lowest BCUT2D eigenvalue weighted by Crippen LogP contribution is -2.38. The Morgan fingerprint density at radius 3 is 2.48 bits per heavy atom. The number of aromatic nitrogens is 3. The Morgan fingerprint density at radius 1 is 1.41 bits per heavy atom. The topological polar surface area (TPSA) is 76.2 Å². The molecule has 0 spiro atoms. The molecule has 6 nitrogen and oxygen atoms in total. The maximum Gasteiger partial charge on any atom is 0.448 e. The van der Waals surface area contributed by atoms with Gasteiger partial charge in [-0.05, 0) is 23.7 Å². The molecule has 0 saturated heterocycles. The van der Waals surface area contributed by atoms with Crippen LogP contribution in [0, 0.1) is 6.92 Å². The lowest BCUT2D eigenvalue weighted by atomic mass is 10.2. The van der Waals surface area contributed by atoms with Gasteiger partial charge in [0.1, 0.15) is 12.6 Å². The van der Waals surface area contributed by atoms with Gasteiger partial charge in [0.05, 0.1) is 17.8 Å². The normalized spacial score (nSPS) is 10.6. The predicted octanol–water partition coefficient (Wildman–Crippen LogP) is 3.58. The van der Waals surface area contributed by atoms with Crippen LogP contribution in [0.4, 0.5) is 13.2 Å². The second-order valence-electron chi connectivity index (χ2n) is 5.29. The molecule has 0 unspecified atom stereocenters. The van der Waals surface area contributed by atoms with Crippen LogP contribution in [0.2, 0.25) is 5.02 Å². The Hall–Kier alpha value is -2.68. The molecule has 1 N–H and O–H groups in total. The number of aryl methyl sites for hydroxylation is 2. The number of hydrogen-bond acceptors (Lipinski definition) is 4. The van der Waals surface area contributed by atoms with E-state index in [9.17, 15) is 18.0 Å². The van der Waals surface area contributed by atoms with Gasteiger partial charge in [0.2, 0.25) is 0 Å². The van der Waals surface area contributed by atoms with Crippen LogP contribution in [-0.2, 0) is 16.1 Å². The van der Waals surface area contributed by atoms with Crippen LogP contribution in [0.25, 0.3) is 11.3 Å². The van der Waals surface area contributed by atoms with Gasteiger partial charge in [-0.1, -0.05) is 22.9 Å². The number of nitrogens with zero attached hydrogens (tertiary/aromatic N) is 3. The van der Waals surface area contributed by atoms with Crippen molar-refractivity contribution in [3.63, 3.8) is 0 Å². The molecule has 2 aromatic heterocycles. The first-order valence-corrected chi connectivity index (χ1v) is 7.92. The monoisotopic (exact) mass is 404 g/mol. The maximum atomic E-state index is 11.2. The van der Waals surface area contributed by atoms with Gasteiger partial charge in [-0.15, -0.1) is 0 Å². The van der Waals surface area contributed by atoms with Crippen LogP contribution >= 0.6 is 11.6 Å². The van der Waals surface area contributed by atoms with Crippen molar-refractivity contribution in [3.05, 3.63) is 53.6 Å². The van der Waals surface area contributed by atoms with Crippen molar-refractivity contribution < 1.29 is 32.5 Å². The van der Waals surface area contributed by atoms with Crippen molar-refractivity contribution >= 4 is 17.6 Å². The van der Waals surface area contributed by atoms with Crippen LogP contribution in [0.15, 0.2) is 43.1 Å². The molecule has 2 aromatic rings. The molecule has 0 atom stereocenters. The summed E-state index contributed by atoms with van der Waals surface area (Å²) in [5, 5.41) is 13.3. The fraction of sp³-hybridized carbons (Fsp3) is 0.294. The molecule has 0 aromatic carbocycles. The van der Waals surface area contributed by atoms with Gasteiger partial charge in [-0.25, -0.2) is 0 Å². The molecule has 0 amide bonds. The number of methoxy groups -OCH3 is 1. The molecule has 0 aliphatic rings. The van der Waals surface area contributed by atoms with E-state index in [0.29, 0.717) is 17.3 Å². The van der Waals surface area contributed by atoms with E-state index in [0.717, 1.165) is 18.2 Å². The Bertz CT molecular complexity index is 796. The second-order valence-corrected chi connectivity index (χ2v) is 5.70. The van der Waals surface area contributed by atoms with Gasteiger partial charge in [-0.2, -0.15) is 13.2 Å². The van der Waals surface area contributed by atoms with Crippen molar-refractivity contribution in [1.29, 1.82) is 0 Å². The van der Waals surface area contributed by atoms with E-state index in [2.05, 4.69) is 21.4 Å². The van der Waals surface area contributed by atoms with Gasteiger partial charge in [0, 0.05) is 17.8 Å². The van der Waals surface area contributed by atoms with Gasteiger partial charge in [-0.3, -0.25) is 9.78 Å². The van der Waals surface area contributed by atoms with E-state index >= 15 is 0 Å². The summed E-state index contributed by atoms with van der Waals surface area (Å²) in [6, 6.07) is 3.66. The van der Waals surface area contributed by atoms with E-state index in [1.807, 2.05) is 19.1 Å². The van der Waals surface area contributed by atoms with Gasteiger partial charge < -0.3 is 9.84 Å². The predicted molar refractivity (Wildman–Crippen MR) is 91.9 cm³/mol. The molecule has 10 heteroatoms. The zero-order valence-corrected chi connectivity index (χ0v) is 15.4. The number of alkyl halides is 3. The molecule has 27 heavy (non-hydrogen) atoms. The first-order valence-electron chi connectivity index (χ1n) is 7.54. The molecule has 0 saturated carbocycles.